The maximum Gasteiger partial charge on any atom is 0.352 e. The van der Waals surface area contributed by atoms with Gasteiger partial charge in [-0.2, -0.15) is 9.78 Å². The molecule has 0 radical (unpaired) electrons. The monoisotopic (exact) mass is 435 g/mol. The standard InChI is InChI=1S/C20H26ClN5O4/c21-16-6-5-14(26-19(29)25(10-9-22)17(27)12-24-26)11-15(16)18(28)23-13-20(30)7-3-1-2-4-8-20/h5-6,11-12,30H,1-4,7-10,13,22H2,(H,23,28). The highest BCUT2D eigenvalue weighted by Crippen LogP contribution is 2.26. The van der Waals surface area contributed by atoms with Gasteiger partial charge < -0.3 is 16.2 Å². The summed E-state index contributed by atoms with van der Waals surface area (Å²) in [5.41, 5.74) is 3.77. The van der Waals surface area contributed by atoms with Crippen molar-refractivity contribution in [1.82, 2.24) is 19.7 Å². The Kier molecular flexibility index (Phi) is 7.06. The number of nitrogens with zero attached hydrogens (tertiary/aromatic N) is 3. The van der Waals surface area contributed by atoms with Crippen LogP contribution in [0.3, 0.4) is 0 Å². The highest BCUT2D eigenvalue weighted by Gasteiger charge is 2.28. The average Bonchev–Trinajstić information content (AvgIpc) is 2.95. The van der Waals surface area contributed by atoms with E-state index in [2.05, 4.69) is 10.4 Å². The lowest BCUT2D eigenvalue weighted by molar-refractivity contribution is 0.0246. The van der Waals surface area contributed by atoms with Crippen LogP contribution in [-0.2, 0) is 6.54 Å². The van der Waals surface area contributed by atoms with E-state index in [0.717, 1.165) is 41.1 Å². The summed E-state index contributed by atoms with van der Waals surface area (Å²) >= 11 is 6.20. The van der Waals surface area contributed by atoms with E-state index in [-0.39, 0.29) is 35.9 Å². The number of aromatic nitrogens is 3. The van der Waals surface area contributed by atoms with Crippen molar-refractivity contribution in [3.63, 3.8) is 0 Å². The van der Waals surface area contributed by atoms with Crippen molar-refractivity contribution in [2.24, 2.45) is 5.73 Å². The summed E-state index contributed by atoms with van der Waals surface area (Å²) in [6.45, 7) is 0.308. The zero-order valence-corrected chi connectivity index (χ0v) is 17.4. The van der Waals surface area contributed by atoms with Crippen LogP contribution >= 0.6 is 11.6 Å². The van der Waals surface area contributed by atoms with Crippen molar-refractivity contribution < 1.29 is 9.90 Å². The van der Waals surface area contributed by atoms with Crippen LogP contribution in [0.4, 0.5) is 0 Å². The molecule has 0 bridgehead atoms. The molecule has 4 N–H and O–H groups in total. The van der Waals surface area contributed by atoms with E-state index in [1.165, 1.54) is 18.2 Å². The van der Waals surface area contributed by atoms with Gasteiger partial charge in [0.25, 0.3) is 11.5 Å². The summed E-state index contributed by atoms with van der Waals surface area (Å²) in [5.74, 6) is -0.456. The first-order chi connectivity index (χ1) is 14.3. The molecule has 9 nitrogen and oxygen atoms in total. The molecule has 1 heterocycles. The maximum atomic E-state index is 12.7. The normalized spacial score (nSPS) is 16.1. The summed E-state index contributed by atoms with van der Waals surface area (Å²) < 4.78 is 1.99. The van der Waals surface area contributed by atoms with Crippen molar-refractivity contribution in [2.75, 3.05) is 13.1 Å². The zero-order chi connectivity index (χ0) is 21.7. The van der Waals surface area contributed by atoms with Crippen molar-refractivity contribution in [3.05, 3.63) is 55.8 Å². The van der Waals surface area contributed by atoms with Gasteiger partial charge in [-0.1, -0.05) is 37.3 Å². The fourth-order valence-electron chi connectivity index (χ4n) is 3.67. The minimum absolute atomic E-state index is 0.0553. The molecule has 162 valence electrons. The van der Waals surface area contributed by atoms with E-state index in [1.807, 2.05) is 0 Å². The lowest BCUT2D eigenvalue weighted by Gasteiger charge is -2.26. The van der Waals surface area contributed by atoms with Crippen LogP contribution in [0.2, 0.25) is 5.02 Å². The second kappa shape index (κ2) is 9.55. The van der Waals surface area contributed by atoms with Crippen LogP contribution < -0.4 is 22.3 Å². The van der Waals surface area contributed by atoms with Gasteiger partial charge in [-0.15, -0.1) is 0 Å². The van der Waals surface area contributed by atoms with Gasteiger partial charge >= 0.3 is 5.69 Å². The molecule has 1 amide bonds. The number of aliphatic hydroxyl groups is 1. The molecule has 30 heavy (non-hydrogen) atoms. The molecule has 0 spiro atoms. The van der Waals surface area contributed by atoms with E-state index >= 15 is 0 Å². The van der Waals surface area contributed by atoms with Crippen molar-refractivity contribution in [1.29, 1.82) is 0 Å². The second-order valence-corrected chi connectivity index (χ2v) is 8.01. The van der Waals surface area contributed by atoms with E-state index in [1.54, 1.807) is 0 Å². The van der Waals surface area contributed by atoms with Crippen LogP contribution in [0, 0.1) is 0 Å². The van der Waals surface area contributed by atoms with E-state index in [4.69, 9.17) is 17.3 Å². The summed E-state index contributed by atoms with van der Waals surface area (Å²) in [7, 11) is 0. The Morgan fingerprint density at radius 3 is 2.60 bits per heavy atom. The summed E-state index contributed by atoms with van der Waals surface area (Å²) in [6.07, 6.45) is 6.32. The maximum absolute atomic E-state index is 12.7. The van der Waals surface area contributed by atoms with Gasteiger partial charge in [0.2, 0.25) is 0 Å². The predicted molar refractivity (Wildman–Crippen MR) is 113 cm³/mol. The Balaban J connectivity index is 1.85. The molecule has 0 aliphatic heterocycles. The highest BCUT2D eigenvalue weighted by atomic mass is 35.5. The van der Waals surface area contributed by atoms with Crippen molar-refractivity contribution in [2.45, 2.75) is 50.7 Å². The molecule has 10 heteroatoms. The Morgan fingerprint density at radius 1 is 1.23 bits per heavy atom. The van der Waals surface area contributed by atoms with Crippen LogP contribution in [0.15, 0.2) is 34.0 Å². The number of amides is 1. The van der Waals surface area contributed by atoms with Crippen LogP contribution in [0.1, 0.15) is 48.9 Å². The van der Waals surface area contributed by atoms with Gasteiger partial charge in [-0.3, -0.25) is 14.2 Å². The number of rotatable bonds is 6. The highest BCUT2D eigenvalue weighted by molar-refractivity contribution is 6.33. The Bertz CT molecular complexity index is 1020. The average molecular weight is 436 g/mol. The molecular formula is C20H26ClN5O4. The first-order valence-electron chi connectivity index (χ1n) is 10.0. The first kappa shape index (κ1) is 22.2. The number of carbonyl (C=O) groups excluding carboxylic acids is 1. The summed E-state index contributed by atoms with van der Waals surface area (Å²) in [6, 6.07) is 4.45. The number of nitrogens with two attached hydrogens (primary N) is 1. The molecule has 1 aliphatic rings. The predicted octanol–water partition coefficient (Wildman–Crippen LogP) is 0.821. The molecular weight excluding hydrogens is 410 g/mol. The third kappa shape index (κ3) is 4.97. The SMILES string of the molecule is NCCn1c(=O)cnn(-c2ccc(Cl)c(C(=O)NCC3(O)CCCCCC3)c2)c1=O. The van der Waals surface area contributed by atoms with E-state index in [9.17, 15) is 19.5 Å². The zero-order valence-electron chi connectivity index (χ0n) is 16.6. The molecule has 1 aromatic heterocycles. The van der Waals surface area contributed by atoms with E-state index in [0.29, 0.717) is 12.8 Å². The van der Waals surface area contributed by atoms with Crippen LogP contribution in [-0.4, -0.2) is 44.1 Å². The molecule has 0 unspecified atom stereocenters. The van der Waals surface area contributed by atoms with Gasteiger partial charge in [0.15, 0.2) is 0 Å². The lowest BCUT2D eigenvalue weighted by atomic mass is 9.94. The van der Waals surface area contributed by atoms with Gasteiger partial charge in [0.1, 0.15) is 6.20 Å². The van der Waals surface area contributed by atoms with Gasteiger partial charge in [0, 0.05) is 19.6 Å². The Morgan fingerprint density at radius 2 is 1.93 bits per heavy atom. The number of nitrogens with one attached hydrogen (secondary N) is 1. The van der Waals surface area contributed by atoms with Crippen molar-refractivity contribution in [3.8, 4) is 5.69 Å². The summed E-state index contributed by atoms with van der Waals surface area (Å²) in [4.78, 5) is 37.2. The number of hydrogen-bond acceptors (Lipinski definition) is 6. The first-order valence-corrected chi connectivity index (χ1v) is 10.4. The Hall–Kier alpha value is -2.49. The second-order valence-electron chi connectivity index (χ2n) is 7.60. The third-order valence-electron chi connectivity index (χ3n) is 5.37. The van der Waals surface area contributed by atoms with Gasteiger partial charge in [-0.25, -0.2) is 4.79 Å². The van der Waals surface area contributed by atoms with E-state index < -0.39 is 22.8 Å². The minimum atomic E-state index is -0.924. The minimum Gasteiger partial charge on any atom is -0.388 e. The molecule has 1 aliphatic carbocycles. The topological polar surface area (TPSA) is 132 Å². The largest absolute Gasteiger partial charge is 0.388 e. The fraction of sp³-hybridized carbons (Fsp3) is 0.500. The number of carbonyl (C=O) groups is 1. The number of benzene rings is 1. The molecule has 3 rings (SSSR count). The molecule has 0 saturated heterocycles. The Labute approximate surface area is 178 Å². The molecule has 1 aromatic carbocycles. The van der Waals surface area contributed by atoms with Crippen molar-refractivity contribution >= 4 is 17.5 Å². The smallest absolute Gasteiger partial charge is 0.352 e. The molecule has 2 aromatic rings. The van der Waals surface area contributed by atoms with Crippen LogP contribution in [0.25, 0.3) is 5.69 Å². The third-order valence-corrected chi connectivity index (χ3v) is 5.70. The lowest BCUT2D eigenvalue weighted by Crippen LogP contribution is -2.43. The molecule has 1 fully saturated rings. The molecule has 1 saturated carbocycles. The quantitative estimate of drug-likeness (QED) is 0.575. The van der Waals surface area contributed by atoms with Gasteiger partial charge in [0.05, 0.1) is 21.9 Å². The molecule has 0 atom stereocenters. The number of halogens is 1. The fourth-order valence-corrected chi connectivity index (χ4v) is 3.87. The van der Waals surface area contributed by atoms with Gasteiger partial charge in [-0.05, 0) is 31.0 Å². The summed E-state index contributed by atoms with van der Waals surface area (Å²) in [5, 5.41) is 17.6. The van der Waals surface area contributed by atoms with Crippen LogP contribution in [0.5, 0.6) is 0 Å². The number of hydrogen-bond donors (Lipinski definition) is 3.